The number of hydrogen-bond donors (Lipinski definition) is 0. The number of hydrogen-bond acceptors (Lipinski definition) is 3. The fourth-order valence-corrected chi connectivity index (χ4v) is 0.612. The molecule has 0 saturated heterocycles. The first kappa shape index (κ1) is 7.40. The van der Waals surface area contributed by atoms with Gasteiger partial charge in [0.15, 0.2) is 0 Å². The maximum Gasteiger partial charge on any atom is 0.236 e. The predicted molar refractivity (Wildman–Crippen MR) is 40.3 cm³/mol. The molecule has 0 N–H and O–H groups in total. The van der Waals surface area contributed by atoms with Crippen LogP contribution in [0.5, 0.6) is 0 Å². The lowest BCUT2D eigenvalue weighted by molar-refractivity contribution is -0.401. The van der Waals surface area contributed by atoms with E-state index >= 15 is 0 Å². The van der Waals surface area contributed by atoms with Crippen LogP contribution in [-0.2, 0) is 0 Å². The van der Waals surface area contributed by atoms with Gasteiger partial charge in [-0.2, -0.15) is 0 Å². The summed E-state index contributed by atoms with van der Waals surface area (Å²) in [5.74, 6) is 0. The minimum absolute atomic E-state index is 0.519. The van der Waals surface area contributed by atoms with Gasteiger partial charge in [-0.05, 0) is 12.1 Å². The SMILES string of the molecule is O=[N+]([O-])/C=C/c1ccccn1. The molecule has 0 spiro atoms. The van der Waals surface area contributed by atoms with Crippen LogP contribution in [0.1, 0.15) is 5.69 Å². The van der Waals surface area contributed by atoms with E-state index in [9.17, 15) is 10.1 Å². The van der Waals surface area contributed by atoms with Crippen molar-refractivity contribution in [3.63, 3.8) is 0 Å². The molecule has 4 nitrogen and oxygen atoms in total. The normalized spacial score (nSPS) is 10.2. The fourth-order valence-electron chi connectivity index (χ4n) is 0.612. The monoisotopic (exact) mass is 150 g/mol. The van der Waals surface area contributed by atoms with E-state index in [1.807, 2.05) is 0 Å². The van der Waals surface area contributed by atoms with E-state index < -0.39 is 4.92 Å². The molecule has 0 unspecified atom stereocenters. The van der Waals surface area contributed by atoms with Crippen LogP contribution >= 0.6 is 0 Å². The van der Waals surface area contributed by atoms with Gasteiger partial charge in [-0.25, -0.2) is 0 Å². The topological polar surface area (TPSA) is 56.0 Å². The molecular weight excluding hydrogens is 144 g/mol. The van der Waals surface area contributed by atoms with Crippen LogP contribution in [0.3, 0.4) is 0 Å². The zero-order valence-electron chi connectivity index (χ0n) is 5.68. The Balaban J connectivity index is 2.72. The highest BCUT2D eigenvalue weighted by atomic mass is 16.6. The minimum atomic E-state index is -0.519. The van der Waals surface area contributed by atoms with Crippen LogP contribution in [0.4, 0.5) is 0 Å². The molecule has 11 heavy (non-hydrogen) atoms. The second kappa shape index (κ2) is 3.46. The van der Waals surface area contributed by atoms with E-state index in [-0.39, 0.29) is 0 Å². The molecule has 0 bridgehead atoms. The van der Waals surface area contributed by atoms with Crippen LogP contribution in [0.15, 0.2) is 30.6 Å². The van der Waals surface area contributed by atoms with E-state index in [0.29, 0.717) is 5.69 Å². The Labute approximate surface area is 63.3 Å². The Morgan fingerprint density at radius 3 is 2.91 bits per heavy atom. The summed E-state index contributed by atoms with van der Waals surface area (Å²) in [6.07, 6.45) is 3.79. The van der Waals surface area contributed by atoms with Gasteiger partial charge in [0, 0.05) is 12.3 Å². The first-order valence-electron chi connectivity index (χ1n) is 3.02. The highest BCUT2D eigenvalue weighted by molar-refractivity contribution is 5.41. The molecule has 0 amide bonds. The van der Waals surface area contributed by atoms with Gasteiger partial charge in [-0.1, -0.05) is 6.07 Å². The van der Waals surface area contributed by atoms with E-state index in [1.165, 1.54) is 6.08 Å². The van der Waals surface area contributed by atoms with E-state index in [1.54, 1.807) is 24.4 Å². The molecule has 0 aliphatic heterocycles. The number of nitro groups is 1. The summed E-state index contributed by atoms with van der Waals surface area (Å²) in [4.78, 5) is 13.2. The van der Waals surface area contributed by atoms with Crippen molar-refractivity contribution in [1.29, 1.82) is 0 Å². The summed E-state index contributed by atoms with van der Waals surface area (Å²) in [6.45, 7) is 0. The van der Waals surface area contributed by atoms with Gasteiger partial charge in [0.05, 0.1) is 10.6 Å². The lowest BCUT2D eigenvalue weighted by Gasteiger charge is -1.85. The Bertz CT molecular complexity index is 269. The highest BCUT2D eigenvalue weighted by Gasteiger charge is 1.87. The van der Waals surface area contributed by atoms with Crippen LogP contribution in [0, 0.1) is 10.1 Å². The van der Waals surface area contributed by atoms with Crippen molar-refractivity contribution >= 4 is 6.08 Å². The predicted octanol–water partition coefficient (Wildman–Crippen LogP) is 1.33. The van der Waals surface area contributed by atoms with Crippen molar-refractivity contribution in [2.24, 2.45) is 0 Å². The summed E-state index contributed by atoms with van der Waals surface area (Å²) in [6, 6.07) is 5.22. The molecule has 0 aliphatic rings. The van der Waals surface area contributed by atoms with Crippen molar-refractivity contribution in [2.45, 2.75) is 0 Å². The quantitative estimate of drug-likeness (QED) is 0.472. The number of nitrogens with zero attached hydrogens (tertiary/aromatic N) is 2. The first-order valence-corrected chi connectivity index (χ1v) is 3.02. The average molecular weight is 150 g/mol. The minimum Gasteiger partial charge on any atom is -0.259 e. The molecule has 0 fully saturated rings. The molecule has 0 radical (unpaired) electrons. The van der Waals surface area contributed by atoms with Crippen molar-refractivity contribution < 1.29 is 4.92 Å². The summed E-state index contributed by atoms with van der Waals surface area (Å²) in [7, 11) is 0. The van der Waals surface area contributed by atoms with Crippen LogP contribution in [-0.4, -0.2) is 9.91 Å². The molecular formula is C7H6N2O2. The second-order valence-electron chi connectivity index (χ2n) is 1.86. The summed E-state index contributed by atoms with van der Waals surface area (Å²) in [5, 5.41) is 9.86. The van der Waals surface area contributed by atoms with Crippen molar-refractivity contribution in [1.82, 2.24) is 4.98 Å². The molecule has 1 aromatic rings. The van der Waals surface area contributed by atoms with Crippen LogP contribution in [0.2, 0.25) is 0 Å². The Hall–Kier alpha value is -1.71. The van der Waals surface area contributed by atoms with Gasteiger partial charge < -0.3 is 0 Å². The molecule has 1 rings (SSSR count). The zero-order chi connectivity index (χ0) is 8.10. The Morgan fingerprint density at radius 2 is 2.36 bits per heavy atom. The van der Waals surface area contributed by atoms with Crippen molar-refractivity contribution in [3.8, 4) is 0 Å². The highest BCUT2D eigenvalue weighted by Crippen LogP contribution is 1.95. The van der Waals surface area contributed by atoms with Gasteiger partial charge >= 0.3 is 0 Å². The van der Waals surface area contributed by atoms with Crippen molar-refractivity contribution in [2.75, 3.05) is 0 Å². The molecule has 0 saturated carbocycles. The maximum absolute atomic E-state index is 9.86. The standard InChI is InChI=1S/C7H6N2O2/c10-9(11)6-4-7-3-1-2-5-8-7/h1-6H/b6-4+. The second-order valence-corrected chi connectivity index (χ2v) is 1.86. The van der Waals surface area contributed by atoms with Gasteiger partial charge in [-0.15, -0.1) is 0 Å². The Kier molecular flexibility index (Phi) is 2.32. The molecule has 0 aromatic carbocycles. The van der Waals surface area contributed by atoms with Crippen LogP contribution in [0.25, 0.3) is 6.08 Å². The molecule has 56 valence electrons. The number of rotatable bonds is 2. The van der Waals surface area contributed by atoms with E-state index in [2.05, 4.69) is 4.98 Å². The smallest absolute Gasteiger partial charge is 0.236 e. The van der Waals surface area contributed by atoms with Gasteiger partial charge in [0.1, 0.15) is 0 Å². The third kappa shape index (κ3) is 2.57. The number of pyridine rings is 1. The molecule has 0 atom stereocenters. The first-order chi connectivity index (χ1) is 5.29. The van der Waals surface area contributed by atoms with Gasteiger partial charge in [-0.3, -0.25) is 15.1 Å². The Morgan fingerprint density at radius 1 is 1.55 bits per heavy atom. The molecule has 4 heteroatoms. The largest absolute Gasteiger partial charge is 0.259 e. The summed E-state index contributed by atoms with van der Waals surface area (Å²) in [5.41, 5.74) is 0.587. The van der Waals surface area contributed by atoms with Crippen molar-refractivity contribution in [3.05, 3.63) is 46.4 Å². The molecule has 1 heterocycles. The average Bonchev–Trinajstić information content (AvgIpc) is 2.03. The maximum atomic E-state index is 9.86. The molecule has 0 aliphatic carbocycles. The third-order valence-corrected chi connectivity index (χ3v) is 1.05. The third-order valence-electron chi connectivity index (χ3n) is 1.05. The zero-order valence-corrected chi connectivity index (χ0v) is 5.68. The summed E-state index contributed by atoms with van der Waals surface area (Å²) >= 11 is 0. The number of aromatic nitrogens is 1. The van der Waals surface area contributed by atoms with E-state index in [0.717, 1.165) is 6.20 Å². The molecule has 1 aromatic heterocycles. The lowest BCUT2D eigenvalue weighted by atomic mass is 10.3. The fraction of sp³-hybridized carbons (Fsp3) is 0. The lowest BCUT2D eigenvalue weighted by Crippen LogP contribution is -1.83. The van der Waals surface area contributed by atoms with Crippen LogP contribution < -0.4 is 0 Å². The summed E-state index contributed by atoms with van der Waals surface area (Å²) < 4.78 is 0. The van der Waals surface area contributed by atoms with Gasteiger partial charge in [0.25, 0.3) is 0 Å². The van der Waals surface area contributed by atoms with E-state index in [4.69, 9.17) is 0 Å². The van der Waals surface area contributed by atoms with Gasteiger partial charge in [0.2, 0.25) is 6.20 Å².